The molecule has 0 aliphatic carbocycles. The van der Waals surface area contributed by atoms with Crippen LogP contribution in [-0.2, 0) is 6.54 Å². The third-order valence-electron chi connectivity index (χ3n) is 2.58. The number of primary amides is 1. The van der Waals surface area contributed by atoms with Gasteiger partial charge in [0.05, 0.1) is 5.56 Å². The van der Waals surface area contributed by atoms with Gasteiger partial charge in [0.1, 0.15) is 11.5 Å². The molecule has 4 nitrogen and oxygen atoms in total. The van der Waals surface area contributed by atoms with Crippen molar-refractivity contribution < 1.29 is 9.53 Å². The molecule has 0 fully saturated rings. The highest BCUT2D eigenvalue weighted by Gasteiger charge is 2.14. The number of ether oxygens (including phenoxy) is 1. The second-order valence-electron chi connectivity index (χ2n) is 3.93. The summed E-state index contributed by atoms with van der Waals surface area (Å²) in [5.74, 6) is 0.483. The van der Waals surface area contributed by atoms with Crippen molar-refractivity contribution >= 4 is 21.8 Å². The van der Waals surface area contributed by atoms with Crippen LogP contribution in [0.3, 0.4) is 0 Å². The van der Waals surface area contributed by atoms with Gasteiger partial charge in [0.15, 0.2) is 0 Å². The van der Waals surface area contributed by atoms with Gasteiger partial charge < -0.3 is 16.2 Å². The maximum atomic E-state index is 11.4. The molecule has 0 saturated carbocycles. The molecule has 1 amide bonds. The van der Waals surface area contributed by atoms with Crippen LogP contribution in [0.15, 0.2) is 46.9 Å². The Morgan fingerprint density at radius 3 is 2.63 bits per heavy atom. The molecule has 0 unspecified atom stereocenters. The van der Waals surface area contributed by atoms with Crippen LogP contribution in [0.1, 0.15) is 15.9 Å². The quantitative estimate of drug-likeness (QED) is 0.909. The second kappa shape index (κ2) is 5.86. The van der Waals surface area contributed by atoms with Crippen LogP contribution >= 0.6 is 15.9 Å². The molecule has 98 valence electrons. The van der Waals surface area contributed by atoms with Gasteiger partial charge in [0.2, 0.25) is 0 Å². The van der Waals surface area contributed by atoms with E-state index in [0.717, 1.165) is 5.56 Å². The van der Waals surface area contributed by atoms with Gasteiger partial charge in [-0.1, -0.05) is 18.2 Å². The molecule has 0 atom stereocenters. The van der Waals surface area contributed by atoms with E-state index in [1.54, 1.807) is 24.3 Å². The smallest absolute Gasteiger partial charge is 0.253 e. The summed E-state index contributed by atoms with van der Waals surface area (Å²) in [6, 6.07) is 12.6. The van der Waals surface area contributed by atoms with E-state index in [9.17, 15) is 4.79 Å². The third-order valence-corrected chi connectivity index (χ3v) is 3.24. The predicted octanol–water partition coefficient (Wildman–Crippen LogP) is 2.80. The first-order valence-electron chi connectivity index (χ1n) is 5.67. The number of hydrogen-bond donors (Lipinski definition) is 2. The molecule has 0 spiro atoms. The average molecular weight is 321 g/mol. The number of halogens is 1. The highest BCUT2D eigenvalue weighted by atomic mass is 79.9. The summed E-state index contributed by atoms with van der Waals surface area (Å²) in [5.41, 5.74) is 12.2. The highest BCUT2D eigenvalue weighted by molar-refractivity contribution is 9.10. The Kier molecular flexibility index (Phi) is 4.19. The minimum atomic E-state index is -0.544. The maximum Gasteiger partial charge on any atom is 0.253 e. The van der Waals surface area contributed by atoms with Gasteiger partial charge in [-0.2, -0.15) is 0 Å². The van der Waals surface area contributed by atoms with Gasteiger partial charge in [-0.3, -0.25) is 4.79 Å². The summed E-state index contributed by atoms with van der Waals surface area (Å²) in [5, 5.41) is 0. The lowest BCUT2D eigenvalue weighted by molar-refractivity contribution is 0.0997. The SMILES string of the molecule is NCc1cccc(Oc2cccc(Br)c2C(N)=O)c1. The van der Waals surface area contributed by atoms with Crippen LogP contribution in [0.5, 0.6) is 11.5 Å². The zero-order valence-electron chi connectivity index (χ0n) is 10.1. The lowest BCUT2D eigenvalue weighted by Crippen LogP contribution is -2.13. The fourth-order valence-electron chi connectivity index (χ4n) is 1.69. The maximum absolute atomic E-state index is 11.4. The molecule has 0 aliphatic rings. The van der Waals surface area contributed by atoms with Crippen molar-refractivity contribution in [3.63, 3.8) is 0 Å². The number of carbonyl (C=O) groups excluding carboxylic acids is 1. The summed E-state index contributed by atoms with van der Waals surface area (Å²) < 4.78 is 6.31. The first-order valence-corrected chi connectivity index (χ1v) is 6.46. The van der Waals surface area contributed by atoms with Crippen LogP contribution in [0.2, 0.25) is 0 Å². The van der Waals surface area contributed by atoms with Crippen molar-refractivity contribution in [3.8, 4) is 11.5 Å². The molecule has 2 aromatic carbocycles. The predicted molar refractivity (Wildman–Crippen MR) is 77.1 cm³/mol. The molecule has 2 rings (SSSR count). The van der Waals surface area contributed by atoms with Gasteiger partial charge in [0, 0.05) is 11.0 Å². The summed E-state index contributed by atoms with van der Waals surface area (Å²) >= 11 is 3.29. The number of nitrogens with two attached hydrogens (primary N) is 2. The van der Waals surface area contributed by atoms with Crippen LogP contribution in [0.25, 0.3) is 0 Å². The molecule has 0 radical (unpaired) electrons. The molecule has 2 aromatic rings. The van der Waals surface area contributed by atoms with E-state index in [1.165, 1.54) is 0 Å². The van der Waals surface area contributed by atoms with Crippen molar-refractivity contribution in [1.29, 1.82) is 0 Å². The Bertz CT molecular complexity index is 614. The van der Waals surface area contributed by atoms with Gasteiger partial charge in [-0.15, -0.1) is 0 Å². The molecule has 19 heavy (non-hydrogen) atoms. The number of benzene rings is 2. The van der Waals surface area contributed by atoms with E-state index >= 15 is 0 Å². The molecule has 0 bridgehead atoms. The molecule has 0 aliphatic heterocycles. The monoisotopic (exact) mass is 320 g/mol. The largest absolute Gasteiger partial charge is 0.456 e. The lowest BCUT2D eigenvalue weighted by Gasteiger charge is -2.11. The zero-order chi connectivity index (χ0) is 13.8. The summed E-state index contributed by atoms with van der Waals surface area (Å²) in [4.78, 5) is 11.4. The topological polar surface area (TPSA) is 78.3 Å². The Hall–Kier alpha value is -1.85. The number of hydrogen-bond acceptors (Lipinski definition) is 3. The van der Waals surface area contributed by atoms with Crippen LogP contribution < -0.4 is 16.2 Å². The minimum Gasteiger partial charge on any atom is -0.456 e. The van der Waals surface area contributed by atoms with E-state index in [2.05, 4.69) is 15.9 Å². The second-order valence-corrected chi connectivity index (χ2v) is 4.79. The van der Waals surface area contributed by atoms with Gasteiger partial charge >= 0.3 is 0 Å². The number of amides is 1. The standard InChI is InChI=1S/C14H13BrN2O2/c15-11-5-2-6-12(13(11)14(17)18)19-10-4-1-3-9(7-10)8-16/h1-7H,8,16H2,(H2,17,18). The highest BCUT2D eigenvalue weighted by Crippen LogP contribution is 2.30. The van der Waals surface area contributed by atoms with Crippen LogP contribution in [0, 0.1) is 0 Å². The van der Waals surface area contributed by atoms with Crippen molar-refractivity contribution in [2.24, 2.45) is 11.5 Å². The molecule has 0 saturated heterocycles. The average Bonchev–Trinajstić information content (AvgIpc) is 2.38. The van der Waals surface area contributed by atoms with Crippen LogP contribution in [0.4, 0.5) is 0 Å². The molecule has 0 heterocycles. The van der Waals surface area contributed by atoms with Crippen molar-refractivity contribution in [2.45, 2.75) is 6.54 Å². The minimum absolute atomic E-state index is 0.320. The molecule has 0 aromatic heterocycles. The third kappa shape index (κ3) is 3.13. The van der Waals surface area contributed by atoms with E-state index in [0.29, 0.717) is 28.1 Å². The lowest BCUT2D eigenvalue weighted by atomic mass is 10.2. The van der Waals surface area contributed by atoms with Crippen molar-refractivity contribution in [2.75, 3.05) is 0 Å². The Balaban J connectivity index is 2.38. The fraction of sp³-hybridized carbons (Fsp3) is 0.0714. The number of rotatable bonds is 4. The van der Waals surface area contributed by atoms with Crippen molar-refractivity contribution in [3.05, 3.63) is 58.1 Å². The van der Waals surface area contributed by atoms with Crippen LogP contribution in [-0.4, -0.2) is 5.91 Å². The Morgan fingerprint density at radius 2 is 1.95 bits per heavy atom. The molecule has 5 heteroatoms. The summed E-state index contributed by atoms with van der Waals surface area (Å²) in [7, 11) is 0. The van der Waals surface area contributed by atoms with Gasteiger partial charge in [-0.25, -0.2) is 0 Å². The van der Waals surface area contributed by atoms with E-state index in [-0.39, 0.29) is 0 Å². The van der Waals surface area contributed by atoms with Gasteiger partial charge in [0.25, 0.3) is 5.91 Å². The van der Waals surface area contributed by atoms with Crippen molar-refractivity contribution in [1.82, 2.24) is 0 Å². The Labute approximate surface area is 119 Å². The van der Waals surface area contributed by atoms with E-state index in [4.69, 9.17) is 16.2 Å². The first-order chi connectivity index (χ1) is 9.11. The summed E-state index contributed by atoms with van der Waals surface area (Å²) in [6.45, 7) is 0.429. The normalized spacial score (nSPS) is 10.2. The molecular formula is C14H13BrN2O2. The van der Waals surface area contributed by atoms with Gasteiger partial charge in [-0.05, 0) is 45.8 Å². The molecular weight excluding hydrogens is 308 g/mol. The molecule has 4 N–H and O–H groups in total. The Morgan fingerprint density at radius 1 is 1.21 bits per heavy atom. The first kappa shape index (κ1) is 13.6. The summed E-state index contributed by atoms with van der Waals surface area (Å²) in [6.07, 6.45) is 0. The van der Waals surface area contributed by atoms with E-state index < -0.39 is 5.91 Å². The number of carbonyl (C=O) groups is 1. The zero-order valence-corrected chi connectivity index (χ0v) is 11.7. The fourth-order valence-corrected chi connectivity index (χ4v) is 2.23. The van der Waals surface area contributed by atoms with E-state index in [1.807, 2.05) is 18.2 Å².